The van der Waals surface area contributed by atoms with Crippen LogP contribution in [-0.4, -0.2) is 12.5 Å². The first-order valence-corrected chi connectivity index (χ1v) is 6.30. The molecular weight excluding hydrogens is 278 g/mol. The third-order valence-electron chi connectivity index (χ3n) is 2.76. The van der Waals surface area contributed by atoms with Gasteiger partial charge in [-0.05, 0) is 43.3 Å². The lowest BCUT2D eigenvalue weighted by Crippen LogP contribution is -2.13. The summed E-state index contributed by atoms with van der Waals surface area (Å²) in [5, 5.41) is 2.53. The average Bonchev–Trinajstić information content (AvgIpc) is 2.46. The molecule has 21 heavy (non-hydrogen) atoms. The molecule has 0 heterocycles. The molecular formula is C15H14F2N2O2. The summed E-state index contributed by atoms with van der Waals surface area (Å²) in [7, 11) is 0. The monoisotopic (exact) mass is 292 g/mol. The molecule has 2 aromatic carbocycles. The van der Waals surface area contributed by atoms with Crippen molar-refractivity contribution in [2.75, 3.05) is 17.7 Å². The number of amides is 1. The van der Waals surface area contributed by atoms with E-state index in [2.05, 4.69) is 5.32 Å². The molecule has 2 aromatic rings. The van der Waals surface area contributed by atoms with Crippen molar-refractivity contribution in [1.82, 2.24) is 0 Å². The second-order valence-electron chi connectivity index (χ2n) is 4.27. The fraction of sp³-hybridized carbons (Fsp3) is 0.133. The van der Waals surface area contributed by atoms with E-state index < -0.39 is 23.2 Å². The molecule has 0 saturated carbocycles. The van der Waals surface area contributed by atoms with Crippen LogP contribution in [0.1, 0.15) is 17.3 Å². The number of nitrogens with one attached hydrogen (secondary N) is 1. The minimum absolute atomic E-state index is 0.145. The third kappa shape index (κ3) is 3.47. The maximum atomic E-state index is 13.3. The number of hydrogen-bond acceptors (Lipinski definition) is 3. The van der Waals surface area contributed by atoms with E-state index in [9.17, 15) is 13.6 Å². The summed E-state index contributed by atoms with van der Waals surface area (Å²) in [6.45, 7) is 2.40. The van der Waals surface area contributed by atoms with Gasteiger partial charge in [0.15, 0.2) is 0 Å². The molecule has 0 unspecified atom stereocenters. The topological polar surface area (TPSA) is 64.3 Å². The highest BCUT2D eigenvalue weighted by Crippen LogP contribution is 2.19. The van der Waals surface area contributed by atoms with Gasteiger partial charge in [-0.25, -0.2) is 8.78 Å². The number of nitrogen functional groups attached to an aromatic ring is 1. The number of carbonyl (C=O) groups excluding carboxylic acids is 1. The van der Waals surface area contributed by atoms with Crippen LogP contribution in [0.4, 0.5) is 20.2 Å². The lowest BCUT2D eigenvalue weighted by molar-refractivity contribution is 0.102. The van der Waals surface area contributed by atoms with Gasteiger partial charge in [0.05, 0.1) is 6.61 Å². The number of anilines is 2. The van der Waals surface area contributed by atoms with Crippen LogP contribution in [-0.2, 0) is 0 Å². The van der Waals surface area contributed by atoms with E-state index >= 15 is 0 Å². The molecule has 0 bridgehead atoms. The van der Waals surface area contributed by atoms with Gasteiger partial charge in [-0.1, -0.05) is 0 Å². The summed E-state index contributed by atoms with van der Waals surface area (Å²) in [6.07, 6.45) is 0. The van der Waals surface area contributed by atoms with Gasteiger partial charge in [-0.15, -0.1) is 0 Å². The van der Waals surface area contributed by atoms with Crippen molar-refractivity contribution in [3.63, 3.8) is 0 Å². The fourth-order valence-electron chi connectivity index (χ4n) is 1.72. The standard InChI is InChI=1S/C15H14F2N2O2/c1-2-21-11-5-3-10(4-6-11)19-15(20)9-7-12(16)14(18)13(17)8-9/h3-8H,2,18H2,1H3,(H,19,20). The van der Waals surface area contributed by atoms with Crippen LogP contribution in [0.2, 0.25) is 0 Å². The summed E-state index contributed by atoms with van der Waals surface area (Å²) < 4.78 is 31.9. The highest BCUT2D eigenvalue weighted by molar-refractivity contribution is 6.04. The van der Waals surface area contributed by atoms with Crippen LogP contribution in [0.3, 0.4) is 0 Å². The normalized spacial score (nSPS) is 10.2. The van der Waals surface area contributed by atoms with Crippen LogP contribution in [0.25, 0.3) is 0 Å². The molecule has 6 heteroatoms. The van der Waals surface area contributed by atoms with E-state index in [0.29, 0.717) is 18.0 Å². The Bertz CT molecular complexity index is 634. The molecule has 0 aliphatic heterocycles. The molecule has 1 amide bonds. The minimum atomic E-state index is -0.966. The zero-order valence-electron chi connectivity index (χ0n) is 11.3. The number of ether oxygens (including phenoxy) is 1. The molecule has 0 aromatic heterocycles. The number of rotatable bonds is 4. The van der Waals surface area contributed by atoms with Crippen molar-refractivity contribution in [2.24, 2.45) is 0 Å². The average molecular weight is 292 g/mol. The van der Waals surface area contributed by atoms with E-state index in [0.717, 1.165) is 12.1 Å². The van der Waals surface area contributed by atoms with Crippen LogP contribution in [0, 0.1) is 11.6 Å². The van der Waals surface area contributed by atoms with Crippen molar-refractivity contribution in [2.45, 2.75) is 6.92 Å². The Morgan fingerprint density at radius 2 is 1.76 bits per heavy atom. The van der Waals surface area contributed by atoms with Crippen LogP contribution in [0.5, 0.6) is 5.75 Å². The van der Waals surface area contributed by atoms with Gasteiger partial charge >= 0.3 is 0 Å². The lowest BCUT2D eigenvalue weighted by atomic mass is 10.1. The third-order valence-corrected chi connectivity index (χ3v) is 2.76. The Hall–Kier alpha value is -2.63. The Labute approximate surface area is 120 Å². The summed E-state index contributed by atoms with van der Waals surface area (Å²) in [5.41, 5.74) is 4.89. The first-order valence-electron chi connectivity index (χ1n) is 6.30. The van der Waals surface area contributed by atoms with E-state index in [1.807, 2.05) is 6.92 Å². The number of halogens is 2. The molecule has 0 atom stereocenters. The van der Waals surface area contributed by atoms with Crippen LogP contribution < -0.4 is 15.8 Å². The SMILES string of the molecule is CCOc1ccc(NC(=O)c2cc(F)c(N)c(F)c2)cc1. The molecule has 0 saturated heterocycles. The maximum Gasteiger partial charge on any atom is 0.255 e. The van der Waals surface area contributed by atoms with Gasteiger partial charge < -0.3 is 15.8 Å². The fourth-order valence-corrected chi connectivity index (χ4v) is 1.72. The lowest BCUT2D eigenvalue weighted by Gasteiger charge is -2.08. The van der Waals surface area contributed by atoms with Crippen molar-refractivity contribution in [3.8, 4) is 5.75 Å². The van der Waals surface area contributed by atoms with E-state index in [-0.39, 0.29) is 5.56 Å². The van der Waals surface area contributed by atoms with Gasteiger partial charge in [0.1, 0.15) is 23.1 Å². The van der Waals surface area contributed by atoms with Gasteiger partial charge in [0, 0.05) is 11.3 Å². The van der Waals surface area contributed by atoms with Gasteiger partial charge in [0.2, 0.25) is 0 Å². The van der Waals surface area contributed by atoms with Gasteiger partial charge in [-0.3, -0.25) is 4.79 Å². The first-order chi connectivity index (χ1) is 10.0. The Morgan fingerprint density at radius 1 is 1.19 bits per heavy atom. The predicted molar refractivity (Wildman–Crippen MR) is 76.3 cm³/mol. The van der Waals surface area contributed by atoms with Crippen LogP contribution in [0.15, 0.2) is 36.4 Å². The van der Waals surface area contributed by atoms with Gasteiger partial charge in [0.25, 0.3) is 5.91 Å². The Morgan fingerprint density at radius 3 is 2.29 bits per heavy atom. The smallest absolute Gasteiger partial charge is 0.255 e. The molecule has 0 aliphatic carbocycles. The largest absolute Gasteiger partial charge is 0.494 e. The molecule has 110 valence electrons. The summed E-state index contributed by atoms with van der Waals surface area (Å²) >= 11 is 0. The van der Waals surface area contributed by atoms with Crippen molar-refractivity contribution >= 4 is 17.3 Å². The van der Waals surface area contributed by atoms with E-state index in [4.69, 9.17) is 10.5 Å². The summed E-state index contributed by atoms with van der Waals surface area (Å²) in [4.78, 5) is 11.9. The Balaban J connectivity index is 2.14. The van der Waals surface area contributed by atoms with Crippen molar-refractivity contribution in [1.29, 1.82) is 0 Å². The number of nitrogens with two attached hydrogens (primary N) is 1. The molecule has 0 radical (unpaired) electrons. The van der Waals surface area contributed by atoms with E-state index in [1.54, 1.807) is 24.3 Å². The minimum Gasteiger partial charge on any atom is -0.494 e. The second kappa shape index (κ2) is 6.21. The molecule has 0 spiro atoms. The highest BCUT2D eigenvalue weighted by Gasteiger charge is 2.13. The molecule has 4 nitrogen and oxygen atoms in total. The quantitative estimate of drug-likeness (QED) is 0.851. The summed E-state index contributed by atoms with van der Waals surface area (Å²) in [5.74, 6) is -1.89. The van der Waals surface area contributed by atoms with Gasteiger partial charge in [-0.2, -0.15) is 0 Å². The number of carbonyl (C=O) groups is 1. The Kier molecular flexibility index (Phi) is 4.37. The summed E-state index contributed by atoms with van der Waals surface area (Å²) in [6, 6.07) is 8.41. The maximum absolute atomic E-state index is 13.3. The van der Waals surface area contributed by atoms with Crippen molar-refractivity contribution < 1.29 is 18.3 Å². The molecule has 0 fully saturated rings. The molecule has 2 rings (SSSR count). The predicted octanol–water partition coefficient (Wildman–Crippen LogP) is 3.20. The van der Waals surface area contributed by atoms with Crippen LogP contribution >= 0.6 is 0 Å². The van der Waals surface area contributed by atoms with E-state index in [1.165, 1.54) is 0 Å². The first kappa shape index (κ1) is 14.8. The van der Waals surface area contributed by atoms with Crippen molar-refractivity contribution in [3.05, 3.63) is 53.6 Å². The molecule has 3 N–H and O–H groups in total. The second-order valence-corrected chi connectivity index (χ2v) is 4.27. The molecule has 0 aliphatic rings. The zero-order valence-corrected chi connectivity index (χ0v) is 11.3. The number of benzene rings is 2. The number of hydrogen-bond donors (Lipinski definition) is 2. The highest BCUT2D eigenvalue weighted by atomic mass is 19.1. The zero-order chi connectivity index (χ0) is 15.4.